The first-order valence-electron chi connectivity index (χ1n) is 21.2. The number of allylic oxidation sites excluding steroid dienone is 4. The monoisotopic (exact) mass is 840 g/mol. The minimum Gasteiger partial charge on any atom is -0.283 e. The van der Waals surface area contributed by atoms with Gasteiger partial charge in [-0.15, -0.1) is 0 Å². The molecule has 0 aliphatic heterocycles. The van der Waals surface area contributed by atoms with Gasteiger partial charge in [0.05, 0.1) is 21.3 Å². The highest BCUT2D eigenvalue weighted by Crippen LogP contribution is 2.36. The molecular formula is C55H36N8S. The fourth-order valence-corrected chi connectivity index (χ4v) is 9.35. The van der Waals surface area contributed by atoms with E-state index < -0.39 is 0 Å². The summed E-state index contributed by atoms with van der Waals surface area (Å²) in [6.07, 6.45) is 9.33. The van der Waals surface area contributed by atoms with Gasteiger partial charge in [-0.2, -0.15) is 0 Å². The second kappa shape index (κ2) is 15.9. The van der Waals surface area contributed by atoms with Crippen LogP contribution >= 0.6 is 11.3 Å². The molecule has 0 amide bonds. The zero-order chi connectivity index (χ0) is 42.4. The van der Waals surface area contributed by atoms with Gasteiger partial charge < -0.3 is 0 Å². The summed E-state index contributed by atoms with van der Waals surface area (Å²) in [5, 5.41) is 0. The Hall–Kier alpha value is -8.27. The molecule has 0 bridgehead atoms. The van der Waals surface area contributed by atoms with Crippen LogP contribution in [0.2, 0.25) is 0 Å². The summed E-state index contributed by atoms with van der Waals surface area (Å²) in [5.74, 6) is 4.15. The number of benzene rings is 7. The van der Waals surface area contributed by atoms with Crippen molar-refractivity contribution in [2.75, 3.05) is 0 Å². The minimum atomic E-state index is 0.106. The Morgan fingerprint density at radius 3 is 1.33 bits per heavy atom. The molecule has 0 saturated carbocycles. The largest absolute Gasteiger partial charge is 0.283 e. The van der Waals surface area contributed by atoms with Crippen LogP contribution in [0.5, 0.6) is 0 Å². The van der Waals surface area contributed by atoms with E-state index in [1.165, 1.54) is 4.70 Å². The van der Waals surface area contributed by atoms with Crippen LogP contribution in [0.15, 0.2) is 200 Å². The molecule has 1 atom stereocenters. The van der Waals surface area contributed by atoms with E-state index >= 15 is 0 Å². The van der Waals surface area contributed by atoms with Crippen molar-refractivity contribution in [3.8, 4) is 79.2 Å². The molecule has 7 aromatic carbocycles. The van der Waals surface area contributed by atoms with E-state index in [4.69, 9.17) is 34.9 Å². The zero-order valence-electron chi connectivity index (χ0n) is 34.3. The summed E-state index contributed by atoms with van der Waals surface area (Å²) in [4.78, 5) is 35.6. The predicted octanol–water partition coefficient (Wildman–Crippen LogP) is 13.3. The molecule has 302 valence electrons. The Morgan fingerprint density at radius 1 is 0.391 bits per heavy atom. The topological polar surface area (TPSA) is 94.6 Å². The Balaban J connectivity index is 0.867. The molecule has 0 fully saturated rings. The van der Waals surface area contributed by atoms with Gasteiger partial charge in [-0.05, 0) is 52.9 Å². The standard InChI is InChI=1S/C55H36N8S/c1-5-13-37(14-6-1)49-57-50(38-15-7-2-8-16-38)60-53(59-49)41-25-21-35(22-26-41)43-29-31-45-46(33-43)63-47-34-44(30-32-48(47)64-55(63)56-45)36-23-27-42(28-24-36)54-61-51(39-17-9-3-10-18-39)58-52(62-54)40-19-11-4-12-20-40/h1-19,21-34,40H,20H2. The molecule has 4 aromatic heterocycles. The lowest BCUT2D eigenvalue weighted by Gasteiger charge is -2.14. The number of thiazole rings is 1. The van der Waals surface area contributed by atoms with E-state index in [9.17, 15) is 0 Å². The summed E-state index contributed by atoms with van der Waals surface area (Å²) < 4.78 is 3.47. The molecule has 12 rings (SSSR count). The average Bonchev–Trinajstić information content (AvgIpc) is 3.93. The normalized spacial score (nSPS) is 13.6. The highest BCUT2D eigenvalue weighted by atomic mass is 32.1. The predicted molar refractivity (Wildman–Crippen MR) is 259 cm³/mol. The van der Waals surface area contributed by atoms with Crippen molar-refractivity contribution >= 4 is 37.5 Å². The molecule has 1 unspecified atom stereocenters. The summed E-state index contributed by atoms with van der Waals surface area (Å²) in [6, 6.07) is 60.4. The SMILES string of the molecule is C1=CCC(c2nc(-c3ccccc3)nc(-c3ccc(-c4ccc5sc6nc7ccc(-c8ccc(-c9nc(-c%10ccccc%10)nc(-c%10ccccc%10)n9)cc8)cc7n6c5c4)cc3)n2)C=C1. The van der Waals surface area contributed by atoms with Gasteiger partial charge in [0, 0.05) is 33.7 Å². The van der Waals surface area contributed by atoms with E-state index in [0.717, 1.165) is 83.8 Å². The maximum atomic E-state index is 5.06. The highest BCUT2D eigenvalue weighted by molar-refractivity contribution is 7.23. The van der Waals surface area contributed by atoms with Crippen LogP contribution < -0.4 is 0 Å². The third-order valence-corrected chi connectivity index (χ3v) is 12.7. The average molecular weight is 841 g/mol. The third kappa shape index (κ3) is 7.03. The fourth-order valence-electron chi connectivity index (χ4n) is 8.33. The van der Waals surface area contributed by atoms with E-state index in [0.29, 0.717) is 29.1 Å². The molecule has 64 heavy (non-hydrogen) atoms. The molecule has 1 aliphatic rings. The Labute approximate surface area is 372 Å². The molecule has 4 heterocycles. The van der Waals surface area contributed by atoms with Crippen LogP contribution in [0.3, 0.4) is 0 Å². The van der Waals surface area contributed by atoms with Gasteiger partial charge in [-0.3, -0.25) is 4.40 Å². The van der Waals surface area contributed by atoms with E-state index in [1.54, 1.807) is 11.3 Å². The fraction of sp³-hybridized carbons (Fsp3) is 0.0364. The zero-order valence-corrected chi connectivity index (χ0v) is 35.1. The number of rotatable bonds is 8. The number of hydrogen-bond donors (Lipinski definition) is 0. The Morgan fingerprint density at radius 2 is 0.828 bits per heavy atom. The molecule has 9 heteroatoms. The number of nitrogens with zero attached hydrogens (tertiary/aromatic N) is 8. The Kier molecular flexibility index (Phi) is 9.31. The van der Waals surface area contributed by atoms with Crippen molar-refractivity contribution in [2.45, 2.75) is 12.3 Å². The van der Waals surface area contributed by atoms with Crippen molar-refractivity contribution in [1.82, 2.24) is 39.3 Å². The molecule has 0 radical (unpaired) electrons. The van der Waals surface area contributed by atoms with Gasteiger partial charge in [-0.1, -0.05) is 187 Å². The van der Waals surface area contributed by atoms with E-state index in [1.807, 2.05) is 91.0 Å². The molecular weight excluding hydrogens is 805 g/mol. The van der Waals surface area contributed by atoms with Crippen LogP contribution in [0.4, 0.5) is 0 Å². The molecule has 0 N–H and O–H groups in total. The Bertz CT molecular complexity index is 3500. The second-order valence-corrected chi connectivity index (χ2v) is 16.8. The number of imidazole rings is 1. The molecule has 8 nitrogen and oxygen atoms in total. The number of hydrogen-bond acceptors (Lipinski definition) is 8. The molecule has 1 aliphatic carbocycles. The van der Waals surface area contributed by atoms with Crippen LogP contribution in [0.25, 0.3) is 105 Å². The molecule has 0 spiro atoms. The first-order valence-corrected chi connectivity index (χ1v) is 22.1. The van der Waals surface area contributed by atoms with Gasteiger partial charge in [-0.25, -0.2) is 34.9 Å². The van der Waals surface area contributed by atoms with Gasteiger partial charge in [0.1, 0.15) is 5.82 Å². The lowest BCUT2D eigenvalue weighted by molar-refractivity contribution is 0.764. The van der Waals surface area contributed by atoms with Crippen molar-refractivity contribution in [1.29, 1.82) is 0 Å². The lowest BCUT2D eigenvalue weighted by atomic mass is 9.99. The minimum absolute atomic E-state index is 0.106. The van der Waals surface area contributed by atoms with Gasteiger partial charge in [0.25, 0.3) is 0 Å². The quantitative estimate of drug-likeness (QED) is 0.150. The second-order valence-electron chi connectivity index (χ2n) is 15.8. The maximum absolute atomic E-state index is 5.06. The van der Waals surface area contributed by atoms with Crippen molar-refractivity contribution in [3.05, 3.63) is 206 Å². The first-order chi connectivity index (χ1) is 31.7. The van der Waals surface area contributed by atoms with Crippen LogP contribution in [0.1, 0.15) is 18.2 Å². The summed E-state index contributed by atoms with van der Waals surface area (Å²) >= 11 is 1.71. The third-order valence-electron chi connectivity index (χ3n) is 11.7. The summed E-state index contributed by atoms with van der Waals surface area (Å²) in [6.45, 7) is 0. The smallest absolute Gasteiger partial charge is 0.195 e. The first kappa shape index (κ1) is 37.5. The summed E-state index contributed by atoms with van der Waals surface area (Å²) in [7, 11) is 0. The van der Waals surface area contributed by atoms with E-state index in [2.05, 4.69) is 114 Å². The number of fused-ring (bicyclic) bond motifs is 5. The van der Waals surface area contributed by atoms with E-state index in [-0.39, 0.29) is 5.92 Å². The van der Waals surface area contributed by atoms with Gasteiger partial charge >= 0.3 is 0 Å². The van der Waals surface area contributed by atoms with Crippen molar-refractivity contribution < 1.29 is 0 Å². The van der Waals surface area contributed by atoms with Crippen LogP contribution in [0, 0.1) is 0 Å². The van der Waals surface area contributed by atoms with Crippen molar-refractivity contribution in [2.24, 2.45) is 0 Å². The molecule has 0 saturated heterocycles. The van der Waals surface area contributed by atoms with Gasteiger partial charge in [0.2, 0.25) is 0 Å². The lowest BCUT2D eigenvalue weighted by Crippen LogP contribution is -2.07. The van der Waals surface area contributed by atoms with Crippen LogP contribution in [-0.2, 0) is 0 Å². The maximum Gasteiger partial charge on any atom is 0.195 e. The van der Waals surface area contributed by atoms with Crippen molar-refractivity contribution in [3.63, 3.8) is 0 Å². The highest BCUT2D eigenvalue weighted by Gasteiger charge is 2.19. The molecule has 11 aromatic rings. The summed E-state index contributed by atoms with van der Waals surface area (Å²) in [5.41, 5.74) is 12.3. The number of aromatic nitrogens is 8. The van der Waals surface area contributed by atoms with Crippen LogP contribution in [-0.4, -0.2) is 39.3 Å². The van der Waals surface area contributed by atoms with Gasteiger partial charge in [0.15, 0.2) is 34.1 Å².